The van der Waals surface area contributed by atoms with Crippen LogP contribution in [0.4, 0.5) is 14.5 Å². The zero-order valence-corrected chi connectivity index (χ0v) is 11.5. The summed E-state index contributed by atoms with van der Waals surface area (Å²) in [6, 6.07) is 2.18. The first-order chi connectivity index (χ1) is 8.06. The van der Waals surface area contributed by atoms with Crippen LogP contribution in [0, 0.1) is 11.6 Å². The third kappa shape index (κ3) is 3.14. The Morgan fingerprint density at radius 1 is 1.35 bits per heavy atom. The average molecular weight is 340 g/mol. The van der Waals surface area contributed by atoms with Gasteiger partial charge in [0.1, 0.15) is 11.6 Å². The normalized spacial score (nSPS) is 10.6. The molecule has 1 aromatic heterocycles. The summed E-state index contributed by atoms with van der Waals surface area (Å²) in [5.74, 6) is -1.04. The van der Waals surface area contributed by atoms with Crippen LogP contribution >= 0.6 is 38.9 Å². The van der Waals surface area contributed by atoms with Crippen LogP contribution in [-0.2, 0) is 6.54 Å². The van der Waals surface area contributed by atoms with E-state index in [1.165, 1.54) is 11.3 Å². The first kappa shape index (κ1) is 12.7. The van der Waals surface area contributed by atoms with Gasteiger partial charge in [-0.25, -0.2) is 13.8 Å². The molecule has 0 aliphatic carbocycles. The van der Waals surface area contributed by atoms with Crippen LogP contribution in [0.15, 0.2) is 22.8 Å². The first-order valence-corrected chi connectivity index (χ1v) is 6.53. The molecule has 0 amide bonds. The second kappa shape index (κ2) is 5.29. The van der Waals surface area contributed by atoms with Crippen LogP contribution in [0.3, 0.4) is 0 Å². The minimum absolute atomic E-state index is 0.0985. The van der Waals surface area contributed by atoms with Crippen molar-refractivity contribution in [2.45, 2.75) is 6.54 Å². The van der Waals surface area contributed by atoms with Gasteiger partial charge in [-0.3, -0.25) is 0 Å². The molecule has 7 heteroatoms. The lowest BCUT2D eigenvalue weighted by Gasteiger charge is -2.06. The van der Waals surface area contributed by atoms with E-state index in [0.29, 0.717) is 11.0 Å². The fourth-order valence-electron chi connectivity index (χ4n) is 1.21. The van der Waals surface area contributed by atoms with Crippen LogP contribution < -0.4 is 5.32 Å². The molecule has 1 aromatic carbocycles. The number of aromatic nitrogens is 1. The highest BCUT2D eigenvalue weighted by Crippen LogP contribution is 2.25. The van der Waals surface area contributed by atoms with E-state index >= 15 is 0 Å². The molecule has 2 nitrogen and oxygen atoms in total. The van der Waals surface area contributed by atoms with Crippen LogP contribution in [0.1, 0.15) is 4.88 Å². The highest BCUT2D eigenvalue weighted by Gasteiger charge is 2.08. The summed E-state index contributed by atoms with van der Waals surface area (Å²) in [5.41, 5.74) is 0.107. The average Bonchev–Trinajstić information content (AvgIpc) is 2.68. The predicted molar refractivity (Wildman–Crippen MR) is 68.5 cm³/mol. The van der Waals surface area contributed by atoms with Gasteiger partial charge in [0.05, 0.1) is 16.7 Å². The molecule has 2 aromatic rings. The van der Waals surface area contributed by atoms with Gasteiger partial charge in [0, 0.05) is 17.1 Å². The summed E-state index contributed by atoms with van der Waals surface area (Å²) in [5, 5.41) is 2.79. The third-order valence-electron chi connectivity index (χ3n) is 1.99. The monoisotopic (exact) mass is 338 g/mol. The molecule has 1 heterocycles. The third-order valence-corrected chi connectivity index (χ3v) is 3.71. The zero-order chi connectivity index (χ0) is 12.4. The Bertz CT molecular complexity index is 547. The lowest BCUT2D eigenvalue weighted by molar-refractivity contribution is 0.596. The van der Waals surface area contributed by atoms with Crippen molar-refractivity contribution in [3.8, 4) is 0 Å². The minimum Gasteiger partial charge on any atom is -0.378 e. The summed E-state index contributed by atoms with van der Waals surface area (Å²) < 4.78 is 27.2. The van der Waals surface area contributed by atoms with Gasteiger partial charge >= 0.3 is 0 Å². The van der Waals surface area contributed by atoms with Crippen LogP contribution in [0.25, 0.3) is 0 Å². The van der Waals surface area contributed by atoms with E-state index in [4.69, 9.17) is 11.6 Å². The van der Waals surface area contributed by atoms with Crippen LogP contribution in [-0.4, -0.2) is 4.98 Å². The predicted octanol–water partition coefficient (Wildman–Crippen LogP) is 4.45. The van der Waals surface area contributed by atoms with Gasteiger partial charge in [-0.15, -0.1) is 11.3 Å². The van der Waals surface area contributed by atoms with Crippen molar-refractivity contribution in [1.82, 2.24) is 4.98 Å². The Balaban J connectivity index is 2.11. The molecular formula is C10H6BrClF2N2S. The van der Waals surface area contributed by atoms with E-state index in [-0.39, 0.29) is 10.2 Å². The van der Waals surface area contributed by atoms with Gasteiger partial charge in [0.25, 0.3) is 0 Å². The summed E-state index contributed by atoms with van der Waals surface area (Å²) in [7, 11) is 0. The lowest BCUT2D eigenvalue weighted by Crippen LogP contribution is -2.00. The minimum atomic E-state index is -0.520. The fourth-order valence-corrected chi connectivity index (χ4v) is 2.44. The van der Waals surface area contributed by atoms with Crippen molar-refractivity contribution in [3.63, 3.8) is 0 Å². The Kier molecular flexibility index (Phi) is 3.96. The van der Waals surface area contributed by atoms with Crippen LogP contribution in [0.2, 0.25) is 4.47 Å². The molecule has 0 radical (unpaired) electrons. The van der Waals surface area contributed by atoms with E-state index in [1.807, 2.05) is 0 Å². The summed E-state index contributed by atoms with van der Waals surface area (Å²) in [6.45, 7) is 0.350. The van der Waals surface area contributed by atoms with E-state index in [1.54, 1.807) is 6.20 Å². The van der Waals surface area contributed by atoms with Gasteiger partial charge in [0.15, 0.2) is 4.47 Å². The van der Waals surface area contributed by atoms with Gasteiger partial charge in [-0.05, 0) is 22.0 Å². The number of nitrogens with zero attached hydrogens (tertiary/aromatic N) is 1. The summed E-state index contributed by atoms with van der Waals surface area (Å²) >= 11 is 9.86. The SMILES string of the molecule is Fc1cc(NCc2cnc(Cl)s2)c(F)cc1Br. The number of halogens is 4. The molecule has 0 aliphatic rings. The number of benzene rings is 1. The molecule has 0 unspecified atom stereocenters. The van der Waals surface area contributed by atoms with Gasteiger partial charge in [-0.1, -0.05) is 11.6 Å². The molecule has 1 N–H and O–H groups in total. The van der Waals surface area contributed by atoms with E-state index < -0.39 is 11.6 Å². The standard InChI is InChI=1S/C10H6BrClF2N2S/c11-6-1-8(14)9(2-7(6)13)15-3-5-4-16-10(12)17-5/h1-2,4,15H,3H2. The molecule has 0 fully saturated rings. The maximum atomic E-state index is 13.4. The molecule has 17 heavy (non-hydrogen) atoms. The number of hydrogen-bond donors (Lipinski definition) is 1. The molecule has 0 spiro atoms. The van der Waals surface area contributed by atoms with E-state index in [9.17, 15) is 8.78 Å². The number of anilines is 1. The largest absolute Gasteiger partial charge is 0.378 e. The van der Waals surface area contributed by atoms with E-state index in [2.05, 4.69) is 26.2 Å². The topological polar surface area (TPSA) is 24.9 Å². The zero-order valence-electron chi connectivity index (χ0n) is 8.31. The Labute approximate surface area is 114 Å². The van der Waals surface area contributed by atoms with Crippen molar-refractivity contribution >= 4 is 44.6 Å². The summed E-state index contributed by atoms with van der Waals surface area (Å²) in [4.78, 5) is 4.70. The second-order valence-corrected chi connectivity index (χ2v) is 5.73. The quantitative estimate of drug-likeness (QED) is 0.836. The van der Waals surface area contributed by atoms with Crippen molar-refractivity contribution in [3.05, 3.63) is 43.8 Å². The molecule has 90 valence electrons. The maximum Gasteiger partial charge on any atom is 0.183 e. The molecule has 0 saturated carbocycles. The molecular weight excluding hydrogens is 334 g/mol. The molecule has 0 saturated heterocycles. The van der Waals surface area contributed by atoms with Crippen molar-refractivity contribution in [2.24, 2.45) is 0 Å². The maximum absolute atomic E-state index is 13.4. The smallest absolute Gasteiger partial charge is 0.183 e. The fraction of sp³-hybridized carbons (Fsp3) is 0.100. The number of rotatable bonds is 3. The van der Waals surface area contributed by atoms with Crippen molar-refractivity contribution in [1.29, 1.82) is 0 Å². The Morgan fingerprint density at radius 2 is 2.12 bits per heavy atom. The number of thiazole rings is 1. The van der Waals surface area contributed by atoms with E-state index in [0.717, 1.165) is 17.0 Å². The molecule has 0 bridgehead atoms. The van der Waals surface area contributed by atoms with Gasteiger partial charge in [-0.2, -0.15) is 0 Å². The first-order valence-electron chi connectivity index (χ1n) is 4.55. The highest BCUT2D eigenvalue weighted by atomic mass is 79.9. The number of hydrogen-bond acceptors (Lipinski definition) is 3. The van der Waals surface area contributed by atoms with Crippen LogP contribution in [0.5, 0.6) is 0 Å². The molecule has 0 aliphatic heterocycles. The van der Waals surface area contributed by atoms with Crippen molar-refractivity contribution in [2.75, 3.05) is 5.32 Å². The van der Waals surface area contributed by atoms with Crippen molar-refractivity contribution < 1.29 is 8.78 Å². The number of nitrogens with one attached hydrogen (secondary N) is 1. The van der Waals surface area contributed by atoms with Gasteiger partial charge < -0.3 is 5.32 Å². The lowest BCUT2D eigenvalue weighted by atomic mass is 10.3. The highest BCUT2D eigenvalue weighted by molar-refractivity contribution is 9.10. The molecule has 0 atom stereocenters. The second-order valence-electron chi connectivity index (χ2n) is 3.18. The molecule has 2 rings (SSSR count). The van der Waals surface area contributed by atoms with Gasteiger partial charge in [0.2, 0.25) is 0 Å². The Hall–Kier alpha value is -0.720. The Morgan fingerprint density at radius 3 is 2.76 bits per heavy atom. The summed E-state index contributed by atoms with van der Waals surface area (Å²) in [6.07, 6.45) is 1.59.